The highest BCUT2D eigenvalue weighted by molar-refractivity contribution is 9.10. The third-order valence-electron chi connectivity index (χ3n) is 3.95. The van der Waals surface area contributed by atoms with Gasteiger partial charge in [0.05, 0.1) is 16.6 Å². The summed E-state index contributed by atoms with van der Waals surface area (Å²) in [7, 11) is -3.92. The molecule has 0 spiro atoms. The summed E-state index contributed by atoms with van der Waals surface area (Å²) >= 11 is 3.13. The lowest BCUT2D eigenvalue weighted by Crippen LogP contribution is -2.41. The van der Waals surface area contributed by atoms with Crippen molar-refractivity contribution in [2.24, 2.45) is 0 Å². The predicted molar refractivity (Wildman–Crippen MR) is 106 cm³/mol. The third-order valence-corrected chi connectivity index (χ3v) is 5.98. The molecule has 0 aromatic heterocycles. The second-order valence-electron chi connectivity index (χ2n) is 5.97. The molecule has 0 fully saturated rings. The summed E-state index contributed by atoms with van der Waals surface area (Å²) in [5.74, 6) is -1.29. The van der Waals surface area contributed by atoms with Gasteiger partial charge >= 0.3 is 0 Å². The van der Waals surface area contributed by atoms with Crippen molar-refractivity contribution in [3.63, 3.8) is 0 Å². The predicted octanol–water partition coefficient (Wildman–Crippen LogP) is 4.05. The zero-order valence-corrected chi connectivity index (χ0v) is 16.6. The van der Waals surface area contributed by atoms with E-state index in [1.165, 1.54) is 31.2 Å². The molecule has 0 aliphatic rings. The van der Waals surface area contributed by atoms with E-state index >= 15 is 0 Å². The quantitative estimate of drug-likeness (QED) is 0.615. The smallest absolute Gasteiger partial charge is 0.242 e. The lowest BCUT2D eigenvalue weighted by Gasteiger charge is -2.15. The van der Waals surface area contributed by atoms with Crippen LogP contribution in [0, 0.1) is 5.82 Å². The number of carbonyl (C=O) groups is 1. The summed E-state index contributed by atoms with van der Waals surface area (Å²) in [4.78, 5) is 12.3. The second kappa shape index (κ2) is 7.75. The number of fused-ring (bicyclic) bond motifs is 1. The fourth-order valence-corrected chi connectivity index (χ4v) is 4.09. The van der Waals surface area contributed by atoms with Gasteiger partial charge in [0.15, 0.2) is 0 Å². The molecule has 0 saturated carbocycles. The molecule has 2 N–H and O–H groups in total. The van der Waals surface area contributed by atoms with Crippen LogP contribution in [0.4, 0.5) is 10.1 Å². The molecule has 8 heteroatoms. The summed E-state index contributed by atoms with van der Waals surface area (Å²) in [5, 5.41) is 4.06. The van der Waals surface area contributed by atoms with E-state index in [9.17, 15) is 17.6 Å². The molecular weight excluding hydrogens is 435 g/mol. The summed E-state index contributed by atoms with van der Waals surface area (Å²) in [6.07, 6.45) is 0. The highest BCUT2D eigenvalue weighted by atomic mass is 79.9. The number of amides is 1. The number of nitrogens with one attached hydrogen (secondary N) is 2. The van der Waals surface area contributed by atoms with Crippen molar-refractivity contribution in [1.82, 2.24) is 4.72 Å². The van der Waals surface area contributed by atoms with Gasteiger partial charge in [0, 0.05) is 4.47 Å². The van der Waals surface area contributed by atoms with Crippen molar-refractivity contribution in [1.29, 1.82) is 0 Å². The van der Waals surface area contributed by atoms with Gasteiger partial charge in [-0.05, 0) is 48.0 Å². The van der Waals surface area contributed by atoms with Gasteiger partial charge in [-0.25, -0.2) is 12.8 Å². The standard InChI is InChI=1S/C19H16BrFN2O3S/c1-12(19(24)22-18-9-7-15(20)11-17(18)21)23-27(25,26)16-8-6-13-4-2-3-5-14(13)10-16/h2-12,23H,1H3,(H,22,24)/t12-/m1/s1. The van der Waals surface area contributed by atoms with Crippen LogP contribution in [0.2, 0.25) is 0 Å². The van der Waals surface area contributed by atoms with Crippen LogP contribution in [0.25, 0.3) is 10.8 Å². The van der Waals surface area contributed by atoms with Gasteiger partial charge in [-0.1, -0.05) is 46.3 Å². The Bertz CT molecular complexity index is 1120. The van der Waals surface area contributed by atoms with Crippen LogP contribution in [0.1, 0.15) is 6.92 Å². The first-order valence-electron chi connectivity index (χ1n) is 8.03. The Morgan fingerprint density at radius 2 is 1.74 bits per heavy atom. The van der Waals surface area contributed by atoms with Crippen LogP contribution < -0.4 is 10.0 Å². The number of carbonyl (C=O) groups excluding carboxylic acids is 1. The van der Waals surface area contributed by atoms with Crippen molar-refractivity contribution < 1.29 is 17.6 Å². The first-order valence-corrected chi connectivity index (χ1v) is 10.3. The van der Waals surface area contributed by atoms with Crippen LogP contribution in [0.5, 0.6) is 0 Å². The van der Waals surface area contributed by atoms with Gasteiger partial charge in [0.2, 0.25) is 15.9 Å². The summed E-state index contributed by atoms with van der Waals surface area (Å²) in [6, 6.07) is 15.2. The highest BCUT2D eigenvalue weighted by Gasteiger charge is 2.23. The molecule has 0 aliphatic carbocycles. The van der Waals surface area contributed by atoms with Crippen molar-refractivity contribution >= 4 is 48.3 Å². The zero-order chi connectivity index (χ0) is 19.6. The summed E-state index contributed by atoms with van der Waals surface area (Å²) < 4.78 is 41.9. The van der Waals surface area contributed by atoms with Crippen LogP contribution in [0.3, 0.4) is 0 Å². The minimum atomic E-state index is -3.92. The number of sulfonamides is 1. The molecule has 1 atom stereocenters. The highest BCUT2D eigenvalue weighted by Crippen LogP contribution is 2.21. The van der Waals surface area contributed by atoms with E-state index in [-0.39, 0.29) is 10.6 Å². The van der Waals surface area contributed by atoms with Gasteiger partial charge in [0.1, 0.15) is 5.82 Å². The number of hydrogen-bond acceptors (Lipinski definition) is 3. The van der Waals surface area contributed by atoms with E-state index in [1.54, 1.807) is 18.2 Å². The fourth-order valence-electron chi connectivity index (χ4n) is 2.52. The van der Waals surface area contributed by atoms with Crippen molar-refractivity contribution in [2.75, 3.05) is 5.32 Å². The Hall–Kier alpha value is -2.29. The molecule has 0 aliphatic heterocycles. The SMILES string of the molecule is C[C@@H](NS(=O)(=O)c1ccc2ccccc2c1)C(=O)Nc1ccc(Br)cc1F. The Morgan fingerprint density at radius 1 is 1.04 bits per heavy atom. The molecule has 0 saturated heterocycles. The van der Waals surface area contributed by atoms with E-state index in [0.29, 0.717) is 4.47 Å². The lowest BCUT2D eigenvalue weighted by molar-refractivity contribution is -0.117. The Kier molecular flexibility index (Phi) is 5.59. The molecule has 5 nitrogen and oxygen atoms in total. The molecule has 0 unspecified atom stereocenters. The molecule has 3 rings (SSSR count). The zero-order valence-electron chi connectivity index (χ0n) is 14.2. The maximum atomic E-state index is 13.8. The van der Waals surface area contributed by atoms with Gasteiger partial charge in [-0.15, -0.1) is 0 Å². The average molecular weight is 451 g/mol. The van der Waals surface area contributed by atoms with Crippen molar-refractivity contribution in [3.8, 4) is 0 Å². The number of benzene rings is 3. The lowest BCUT2D eigenvalue weighted by atomic mass is 10.1. The average Bonchev–Trinajstić information content (AvgIpc) is 2.63. The number of anilines is 1. The number of rotatable bonds is 5. The van der Waals surface area contributed by atoms with Gasteiger partial charge in [0.25, 0.3) is 0 Å². The Morgan fingerprint density at radius 3 is 2.44 bits per heavy atom. The Balaban J connectivity index is 1.76. The van der Waals surface area contributed by atoms with E-state index in [0.717, 1.165) is 10.8 Å². The second-order valence-corrected chi connectivity index (χ2v) is 8.60. The molecule has 3 aromatic rings. The van der Waals surface area contributed by atoms with Crippen LogP contribution in [-0.4, -0.2) is 20.4 Å². The number of hydrogen-bond donors (Lipinski definition) is 2. The molecular formula is C19H16BrFN2O3S. The summed E-state index contributed by atoms with van der Waals surface area (Å²) in [6.45, 7) is 1.39. The number of halogens is 2. The first-order chi connectivity index (χ1) is 12.8. The molecule has 3 aromatic carbocycles. The molecule has 1 amide bonds. The van der Waals surface area contributed by atoms with E-state index < -0.39 is 27.8 Å². The minimum Gasteiger partial charge on any atom is -0.322 e. The molecule has 0 radical (unpaired) electrons. The van der Waals surface area contributed by atoms with Gasteiger partial charge in [-0.3, -0.25) is 4.79 Å². The van der Waals surface area contributed by atoms with Crippen LogP contribution in [0.15, 0.2) is 70.0 Å². The van der Waals surface area contributed by atoms with E-state index in [2.05, 4.69) is 26.0 Å². The normalized spacial score (nSPS) is 12.7. The fraction of sp³-hybridized carbons (Fsp3) is 0.105. The van der Waals surface area contributed by atoms with Crippen molar-refractivity contribution in [2.45, 2.75) is 17.9 Å². The van der Waals surface area contributed by atoms with Gasteiger partial charge in [-0.2, -0.15) is 4.72 Å². The largest absolute Gasteiger partial charge is 0.322 e. The third kappa shape index (κ3) is 4.52. The van der Waals surface area contributed by atoms with Crippen molar-refractivity contribution in [3.05, 3.63) is 71.0 Å². The van der Waals surface area contributed by atoms with Gasteiger partial charge < -0.3 is 5.32 Å². The van der Waals surface area contributed by atoms with E-state index in [1.807, 2.05) is 18.2 Å². The topological polar surface area (TPSA) is 75.3 Å². The molecule has 0 heterocycles. The molecule has 27 heavy (non-hydrogen) atoms. The molecule has 140 valence electrons. The molecule has 0 bridgehead atoms. The maximum absolute atomic E-state index is 13.8. The van der Waals surface area contributed by atoms with E-state index in [4.69, 9.17) is 0 Å². The minimum absolute atomic E-state index is 0.0278. The monoisotopic (exact) mass is 450 g/mol. The summed E-state index contributed by atoms with van der Waals surface area (Å²) in [5.41, 5.74) is -0.0278. The maximum Gasteiger partial charge on any atom is 0.242 e. The van der Waals surface area contributed by atoms with Crippen LogP contribution in [-0.2, 0) is 14.8 Å². The Labute approximate surface area is 164 Å². The van der Waals surface area contributed by atoms with Crippen LogP contribution >= 0.6 is 15.9 Å². The first kappa shape index (κ1) is 19.5.